The number of rotatable bonds is 1. The number of carbonyl (C=O) groups excluding carboxylic acids is 1. The Balaban J connectivity index is 2.68. The summed E-state index contributed by atoms with van der Waals surface area (Å²) in [4.78, 5) is 14.0. The lowest BCUT2D eigenvalue weighted by Gasteiger charge is -2.45. The van der Waals surface area contributed by atoms with Crippen LogP contribution in [0, 0.1) is 5.92 Å². The van der Waals surface area contributed by atoms with Crippen molar-refractivity contribution in [1.82, 2.24) is 4.90 Å². The van der Waals surface area contributed by atoms with Crippen LogP contribution < -0.4 is 0 Å². The van der Waals surface area contributed by atoms with Crippen molar-refractivity contribution < 1.29 is 9.53 Å². The van der Waals surface area contributed by atoms with E-state index in [9.17, 15) is 4.79 Å². The maximum atomic E-state index is 12.1. The predicted molar refractivity (Wildman–Crippen MR) is 73.5 cm³/mol. The van der Waals surface area contributed by atoms with Gasteiger partial charge in [-0.2, -0.15) is 0 Å². The molecule has 1 aliphatic rings. The topological polar surface area (TPSA) is 29.5 Å². The van der Waals surface area contributed by atoms with Crippen molar-refractivity contribution in [2.75, 3.05) is 11.9 Å². The lowest BCUT2D eigenvalue weighted by atomic mass is 9.84. The molecule has 1 atom stereocenters. The fourth-order valence-corrected chi connectivity index (χ4v) is 2.87. The van der Waals surface area contributed by atoms with E-state index in [2.05, 4.69) is 29.8 Å². The first-order chi connectivity index (χ1) is 7.65. The van der Waals surface area contributed by atoms with Crippen LogP contribution in [0.4, 0.5) is 4.79 Å². The highest BCUT2D eigenvalue weighted by atomic mass is 79.9. The minimum Gasteiger partial charge on any atom is -0.444 e. The zero-order valence-corrected chi connectivity index (χ0v) is 13.1. The zero-order chi connectivity index (χ0) is 13.3. The van der Waals surface area contributed by atoms with Gasteiger partial charge in [0.05, 0.1) is 0 Å². The van der Waals surface area contributed by atoms with Crippen LogP contribution in [0.1, 0.15) is 47.5 Å². The van der Waals surface area contributed by atoms with Crippen LogP contribution in [0.15, 0.2) is 0 Å². The molecule has 1 aliphatic heterocycles. The van der Waals surface area contributed by atoms with Gasteiger partial charge < -0.3 is 9.64 Å². The number of hydrogen-bond donors (Lipinski definition) is 0. The Morgan fingerprint density at radius 3 is 2.47 bits per heavy atom. The quantitative estimate of drug-likeness (QED) is 0.690. The van der Waals surface area contributed by atoms with Crippen molar-refractivity contribution in [3.05, 3.63) is 0 Å². The van der Waals surface area contributed by atoms with E-state index in [0.29, 0.717) is 5.92 Å². The highest BCUT2D eigenvalue weighted by molar-refractivity contribution is 9.09. The molecule has 17 heavy (non-hydrogen) atoms. The summed E-state index contributed by atoms with van der Waals surface area (Å²) in [5.41, 5.74) is -0.529. The van der Waals surface area contributed by atoms with Crippen molar-refractivity contribution in [2.45, 2.75) is 58.6 Å². The van der Waals surface area contributed by atoms with Crippen molar-refractivity contribution >= 4 is 22.0 Å². The van der Waals surface area contributed by atoms with Crippen LogP contribution in [0.5, 0.6) is 0 Å². The number of halogens is 1. The van der Waals surface area contributed by atoms with Gasteiger partial charge in [-0.15, -0.1) is 0 Å². The van der Waals surface area contributed by atoms with E-state index in [1.54, 1.807) is 0 Å². The Morgan fingerprint density at radius 2 is 2.06 bits per heavy atom. The van der Waals surface area contributed by atoms with E-state index >= 15 is 0 Å². The van der Waals surface area contributed by atoms with Gasteiger partial charge in [-0.25, -0.2) is 4.79 Å². The molecule has 1 amide bonds. The maximum Gasteiger partial charge on any atom is 0.410 e. The van der Waals surface area contributed by atoms with E-state index in [1.807, 2.05) is 25.7 Å². The van der Waals surface area contributed by atoms with E-state index in [0.717, 1.165) is 24.7 Å². The van der Waals surface area contributed by atoms with Crippen LogP contribution in [0.3, 0.4) is 0 Å². The number of alkyl halides is 1. The molecule has 1 rings (SSSR count). The summed E-state index contributed by atoms with van der Waals surface area (Å²) in [6, 6.07) is 0. The number of carbonyl (C=O) groups is 1. The number of ether oxygens (including phenoxy) is 1. The summed E-state index contributed by atoms with van der Waals surface area (Å²) >= 11 is 3.53. The van der Waals surface area contributed by atoms with Gasteiger partial charge in [0.1, 0.15) is 5.60 Å². The Kier molecular flexibility index (Phi) is 4.50. The summed E-state index contributed by atoms with van der Waals surface area (Å²) in [7, 11) is 0. The van der Waals surface area contributed by atoms with Crippen LogP contribution in [-0.4, -0.2) is 34.0 Å². The molecule has 0 radical (unpaired) electrons. The van der Waals surface area contributed by atoms with Crippen LogP contribution in [0.25, 0.3) is 0 Å². The molecule has 1 heterocycles. The minimum absolute atomic E-state index is 0.112. The van der Waals surface area contributed by atoms with Gasteiger partial charge in [0.15, 0.2) is 0 Å². The number of likely N-dealkylation sites (tertiary alicyclic amines) is 1. The smallest absolute Gasteiger partial charge is 0.410 e. The highest BCUT2D eigenvalue weighted by Gasteiger charge is 2.39. The molecule has 0 spiro atoms. The van der Waals surface area contributed by atoms with Gasteiger partial charge in [0.25, 0.3) is 0 Å². The highest BCUT2D eigenvalue weighted by Crippen LogP contribution is 2.33. The van der Waals surface area contributed by atoms with Gasteiger partial charge in [-0.05, 0) is 53.4 Å². The fraction of sp³-hybridized carbons (Fsp3) is 0.923. The molecule has 0 aromatic carbocycles. The van der Waals surface area contributed by atoms with Crippen molar-refractivity contribution in [2.24, 2.45) is 5.92 Å². The Labute approximate surface area is 113 Å². The molecule has 0 aromatic rings. The van der Waals surface area contributed by atoms with Crippen LogP contribution in [0.2, 0.25) is 0 Å². The van der Waals surface area contributed by atoms with Gasteiger partial charge in [-0.1, -0.05) is 15.9 Å². The summed E-state index contributed by atoms with van der Waals surface area (Å²) in [5.74, 6) is 0.656. The molecular formula is C13H24BrNO2. The molecular weight excluding hydrogens is 282 g/mol. The van der Waals surface area contributed by atoms with Crippen molar-refractivity contribution in [3.8, 4) is 0 Å². The largest absolute Gasteiger partial charge is 0.444 e. The monoisotopic (exact) mass is 305 g/mol. The second-order valence-corrected chi connectivity index (χ2v) is 7.11. The third kappa shape index (κ3) is 4.16. The molecule has 0 saturated carbocycles. The summed E-state index contributed by atoms with van der Waals surface area (Å²) in [6.07, 6.45) is 1.89. The van der Waals surface area contributed by atoms with E-state index in [-0.39, 0.29) is 11.6 Å². The first-order valence-electron chi connectivity index (χ1n) is 6.22. The predicted octanol–water partition coefficient (Wildman–Crippen LogP) is 3.81. The number of nitrogens with zero attached hydrogens (tertiary/aromatic N) is 1. The molecule has 0 N–H and O–H groups in total. The second-order valence-electron chi connectivity index (χ2n) is 6.46. The fourth-order valence-electron chi connectivity index (χ4n) is 2.32. The SMILES string of the molecule is CC(C)(C)OC(=O)N1CCC(CBr)CC1(C)C. The molecule has 1 saturated heterocycles. The lowest BCUT2D eigenvalue weighted by molar-refractivity contribution is -0.0128. The Morgan fingerprint density at radius 1 is 1.47 bits per heavy atom. The number of hydrogen-bond acceptors (Lipinski definition) is 2. The molecule has 4 heteroatoms. The van der Waals surface area contributed by atoms with Crippen molar-refractivity contribution in [3.63, 3.8) is 0 Å². The first kappa shape index (κ1) is 14.8. The summed E-state index contributed by atoms with van der Waals surface area (Å²) < 4.78 is 5.46. The summed E-state index contributed by atoms with van der Waals surface area (Å²) in [6.45, 7) is 10.7. The second kappa shape index (κ2) is 5.17. The molecule has 0 aliphatic carbocycles. The summed E-state index contributed by atoms with van der Waals surface area (Å²) in [5, 5.41) is 1.01. The molecule has 3 nitrogen and oxygen atoms in total. The average Bonchev–Trinajstić information content (AvgIpc) is 2.12. The van der Waals surface area contributed by atoms with Gasteiger partial charge in [0, 0.05) is 17.4 Å². The van der Waals surface area contributed by atoms with Gasteiger partial charge in [0.2, 0.25) is 0 Å². The standard InChI is InChI=1S/C13H24BrNO2/c1-12(2,3)17-11(16)15-7-6-10(9-14)8-13(15,4)5/h10H,6-9H2,1-5H3. The molecule has 1 fully saturated rings. The average molecular weight is 306 g/mol. The lowest BCUT2D eigenvalue weighted by Crippen LogP contribution is -2.54. The minimum atomic E-state index is -0.417. The zero-order valence-electron chi connectivity index (χ0n) is 11.5. The third-order valence-corrected chi connectivity index (χ3v) is 4.03. The van der Waals surface area contributed by atoms with E-state index in [4.69, 9.17) is 4.74 Å². The van der Waals surface area contributed by atoms with Gasteiger partial charge in [-0.3, -0.25) is 0 Å². The third-order valence-electron chi connectivity index (χ3n) is 3.11. The van der Waals surface area contributed by atoms with Crippen molar-refractivity contribution in [1.29, 1.82) is 0 Å². The molecule has 0 bridgehead atoms. The Bertz CT molecular complexity index is 284. The molecule has 1 unspecified atom stereocenters. The van der Waals surface area contributed by atoms with E-state index in [1.165, 1.54) is 0 Å². The van der Waals surface area contributed by atoms with E-state index < -0.39 is 5.60 Å². The van der Waals surface area contributed by atoms with Gasteiger partial charge >= 0.3 is 6.09 Å². The Hall–Kier alpha value is -0.250. The number of piperidine rings is 1. The maximum absolute atomic E-state index is 12.1. The first-order valence-corrected chi connectivity index (χ1v) is 7.34. The normalized spacial score (nSPS) is 24.6. The molecule has 100 valence electrons. The van der Waals surface area contributed by atoms with Crippen LogP contribution in [-0.2, 0) is 4.74 Å². The molecule has 0 aromatic heterocycles. The van der Waals surface area contributed by atoms with Crippen LogP contribution >= 0.6 is 15.9 Å². The number of amides is 1.